The highest BCUT2D eigenvalue weighted by Gasteiger charge is 2.37. The molecule has 14 heteroatoms. The summed E-state index contributed by atoms with van der Waals surface area (Å²) in [4.78, 5) is 61.0. The van der Waals surface area contributed by atoms with Crippen LogP contribution in [-0.4, -0.2) is 63.4 Å². The lowest BCUT2D eigenvalue weighted by molar-refractivity contribution is -0.394. The summed E-state index contributed by atoms with van der Waals surface area (Å²) in [6.07, 6.45) is 3.26. The highest BCUT2D eigenvalue weighted by atomic mass is 32.2. The molecule has 0 radical (unpaired) electrons. The predicted octanol–water partition coefficient (Wildman–Crippen LogP) is 3.96. The zero-order chi connectivity index (χ0) is 26.7. The summed E-state index contributed by atoms with van der Waals surface area (Å²) in [5.41, 5.74) is -0.589. The molecule has 2 aliphatic heterocycles. The number of hydrogen-bond acceptors (Lipinski definition) is 10. The largest absolute Gasteiger partial charge is 0.493 e. The Labute approximate surface area is 213 Å². The van der Waals surface area contributed by atoms with Gasteiger partial charge in [-0.1, -0.05) is 6.07 Å². The van der Waals surface area contributed by atoms with Crippen molar-refractivity contribution in [3.8, 4) is 17.2 Å². The van der Waals surface area contributed by atoms with E-state index in [0.29, 0.717) is 30.4 Å². The van der Waals surface area contributed by atoms with Gasteiger partial charge in [0, 0.05) is 19.2 Å². The number of nitrogens with zero attached hydrogens (tertiary/aromatic N) is 4. The molecule has 13 nitrogen and oxygen atoms in total. The van der Waals surface area contributed by atoms with Gasteiger partial charge in [0.1, 0.15) is 6.54 Å². The number of benzene rings is 2. The molecule has 2 aromatic carbocycles. The molecule has 192 valence electrons. The van der Waals surface area contributed by atoms with Crippen molar-refractivity contribution in [3.05, 3.63) is 67.1 Å². The van der Waals surface area contributed by atoms with E-state index < -0.39 is 32.4 Å². The fraction of sp³-hybridized carbons (Fsp3) is 0.261. The molecule has 0 aliphatic carbocycles. The van der Waals surface area contributed by atoms with Gasteiger partial charge in [-0.3, -0.25) is 39.5 Å². The van der Waals surface area contributed by atoms with Crippen molar-refractivity contribution in [2.75, 3.05) is 26.7 Å². The second-order valence-corrected chi connectivity index (χ2v) is 9.03. The molecular weight excluding hydrogens is 508 g/mol. The molecule has 0 N–H and O–H groups in total. The molecule has 0 bridgehead atoms. The Balaban J connectivity index is 1.54. The summed E-state index contributed by atoms with van der Waals surface area (Å²) in [6.45, 7) is 0.913. The summed E-state index contributed by atoms with van der Waals surface area (Å²) < 4.78 is 10.9. The number of nitro benzene ring substituents is 2. The minimum absolute atomic E-state index is 0.0842. The van der Waals surface area contributed by atoms with Crippen LogP contribution < -0.4 is 9.47 Å². The zero-order valence-corrected chi connectivity index (χ0v) is 20.3. The first-order chi connectivity index (χ1) is 17.7. The van der Waals surface area contributed by atoms with Crippen LogP contribution in [0.3, 0.4) is 0 Å². The number of likely N-dealkylation sites (tertiary alicyclic amines) is 1. The van der Waals surface area contributed by atoms with E-state index in [-0.39, 0.29) is 34.6 Å². The van der Waals surface area contributed by atoms with Crippen LogP contribution >= 0.6 is 11.8 Å². The van der Waals surface area contributed by atoms with Crippen LogP contribution in [-0.2, 0) is 9.59 Å². The number of rotatable bonds is 8. The molecule has 2 aliphatic rings. The summed E-state index contributed by atoms with van der Waals surface area (Å²) in [5, 5.41) is 21.8. The highest BCUT2D eigenvalue weighted by Crippen LogP contribution is 2.39. The van der Waals surface area contributed by atoms with Crippen molar-refractivity contribution in [2.45, 2.75) is 12.8 Å². The first kappa shape index (κ1) is 25.6. The Hall–Kier alpha value is -4.46. The number of methoxy groups -OCH3 is 1. The Morgan fingerprint density at radius 1 is 1.03 bits per heavy atom. The molecule has 37 heavy (non-hydrogen) atoms. The van der Waals surface area contributed by atoms with Crippen LogP contribution in [0.2, 0.25) is 0 Å². The molecule has 0 spiro atoms. The van der Waals surface area contributed by atoms with Crippen molar-refractivity contribution >= 4 is 46.3 Å². The van der Waals surface area contributed by atoms with E-state index in [1.807, 2.05) is 0 Å². The zero-order valence-electron chi connectivity index (χ0n) is 19.4. The molecule has 3 amide bonds. The van der Waals surface area contributed by atoms with E-state index in [0.717, 1.165) is 35.9 Å². The Kier molecular flexibility index (Phi) is 7.38. The number of amides is 3. The van der Waals surface area contributed by atoms with Crippen molar-refractivity contribution in [3.63, 3.8) is 0 Å². The number of carbonyl (C=O) groups excluding carboxylic acids is 3. The van der Waals surface area contributed by atoms with Gasteiger partial charge in [-0.25, -0.2) is 0 Å². The molecule has 2 fully saturated rings. The molecule has 0 aromatic heterocycles. The van der Waals surface area contributed by atoms with Crippen LogP contribution in [0.25, 0.3) is 6.08 Å². The SMILES string of the molecule is COc1cc(/C=C2/SC(=O)N(CC(=O)N3CCCC3)C2=O)ccc1Oc1ccc([N+](=O)[O-])cc1[N+](=O)[O-]. The topological polar surface area (TPSA) is 162 Å². The van der Waals surface area contributed by atoms with E-state index in [4.69, 9.17) is 9.47 Å². The fourth-order valence-corrected chi connectivity index (χ4v) is 4.65. The van der Waals surface area contributed by atoms with E-state index in [1.165, 1.54) is 25.3 Å². The monoisotopic (exact) mass is 528 g/mol. The quantitative estimate of drug-likeness (QED) is 0.278. The average molecular weight is 528 g/mol. The molecule has 0 unspecified atom stereocenters. The van der Waals surface area contributed by atoms with Crippen LogP contribution in [0, 0.1) is 20.2 Å². The minimum atomic E-state index is -0.798. The third-order valence-corrected chi connectivity index (χ3v) is 6.59. The standard InChI is InChI=1S/C23H20N4O9S/c1-35-19-10-14(4-6-18(19)36-17-7-5-15(26(31)32)12-16(17)27(33)34)11-20-22(29)25(23(30)37-20)13-21(28)24-8-2-3-9-24/h4-7,10-12H,2-3,8-9,13H2,1H3/b20-11+. The van der Waals surface area contributed by atoms with E-state index in [2.05, 4.69) is 0 Å². The van der Waals surface area contributed by atoms with Gasteiger partial charge in [-0.05, 0) is 54.4 Å². The Bertz CT molecular complexity index is 1340. The second kappa shape index (κ2) is 10.7. The summed E-state index contributed by atoms with van der Waals surface area (Å²) in [6, 6.07) is 7.46. The van der Waals surface area contributed by atoms with E-state index in [1.54, 1.807) is 11.0 Å². The van der Waals surface area contributed by atoms with Crippen LogP contribution in [0.1, 0.15) is 18.4 Å². The van der Waals surface area contributed by atoms with E-state index in [9.17, 15) is 34.6 Å². The molecule has 2 aromatic rings. The van der Waals surface area contributed by atoms with Gasteiger partial charge in [0.05, 0.1) is 27.9 Å². The normalized spacial score (nSPS) is 16.4. The molecule has 4 rings (SSSR count). The maximum Gasteiger partial charge on any atom is 0.318 e. The first-order valence-corrected chi connectivity index (χ1v) is 11.8. The number of carbonyl (C=O) groups is 3. The number of thioether (sulfide) groups is 1. The minimum Gasteiger partial charge on any atom is -0.493 e. The lowest BCUT2D eigenvalue weighted by Gasteiger charge is -2.18. The van der Waals surface area contributed by atoms with Crippen molar-refractivity contribution in [2.24, 2.45) is 0 Å². The average Bonchev–Trinajstić information content (AvgIpc) is 3.50. The van der Waals surface area contributed by atoms with Gasteiger partial charge in [-0.2, -0.15) is 0 Å². The molecule has 0 atom stereocenters. The third kappa shape index (κ3) is 5.53. The predicted molar refractivity (Wildman–Crippen MR) is 131 cm³/mol. The Morgan fingerprint density at radius 3 is 2.38 bits per heavy atom. The number of ether oxygens (including phenoxy) is 2. The molecule has 0 saturated carbocycles. The maximum absolute atomic E-state index is 12.8. The lowest BCUT2D eigenvalue weighted by atomic mass is 10.1. The third-order valence-electron chi connectivity index (χ3n) is 5.68. The van der Waals surface area contributed by atoms with E-state index >= 15 is 0 Å². The summed E-state index contributed by atoms with van der Waals surface area (Å²) in [5.74, 6) is -0.843. The smallest absolute Gasteiger partial charge is 0.318 e. The van der Waals surface area contributed by atoms with Gasteiger partial charge >= 0.3 is 5.69 Å². The summed E-state index contributed by atoms with van der Waals surface area (Å²) in [7, 11) is 1.34. The summed E-state index contributed by atoms with van der Waals surface area (Å²) >= 11 is 0.716. The van der Waals surface area contributed by atoms with Gasteiger partial charge in [-0.15, -0.1) is 0 Å². The molecular formula is C23H20N4O9S. The van der Waals surface area contributed by atoms with Crippen LogP contribution in [0.4, 0.5) is 16.2 Å². The molecule has 2 heterocycles. The highest BCUT2D eigenvalue weighted by molar-refractivity contribution is 8.18. The van der Waals surface area contributed by atoms with Gasteiger partial charge < -0.3 is 14.4 Å². The first-order valence-electron chi connectivity index (χ1n) is 11.0. The lowest BCUT2D eigenvalue weighted by Crippen LogP contribution is -2.40. The van der Waals surface area contributed by atoms with Gasteiger partial charge in [0.2, 0.25) is 11.7 Å². The number of imide groups is 1. The van der Waals surface area contributed by atoms with Gasteiger partial charge in [0.15, 0.2) is 11.5 Å². The second-order valence-electron chi connectivity index (χ2n) is 8.03. The maximum atomic E-state index is 12.8. The fourth-order valence-electron chi connectivity index (χ4n) is 3.81. The van der Waals surface area contributed by atoms with Gasteiger partial charge in [0.25, 0.3) is 16.8 Å². The number of nitro groups is 2. The van der Waals surface area contributed by atoms with Crippen molar-refractivity contribution in [1.29, 1.82) is 0 Å². The van der Waals surface area contributed by atoms with Crippen molar-refractivity contribution < 1.29 is 33.7 Å². The number of hydrogen-bond donors (Lipinski definition) is 0. The van der Waals surface area contributed by atoms with Crippen LogP contribution in [0.5, 0.6) is 17.2 Å². The molecule has 2 saturated heterocycles. The number of non-ortho nitro benzene ring substituents is 1. The van der Waals surface area contributed by atoms with Crippen molar-refractivity contribution in [1.82, 2.24) is 9.80 Å². The van der Waals surface area contributed by atoms with Crippen LogP contribution in [0.15, 0.2) is 41.3 Å². The Morgan fingerprint density at radius 2 is 1.73 bits per heavy atom.